The maximum absolute atomic E-state index is 2.60. The summed E-state index contributed by atoms with van der Waals surface area (Å²) < 4.78 is 0. The molecule has 0 amide bonds. The molecule has 1 aliphatic heterocycles. The van der Waals surface area contributed by atoms with Crippen LogP contribution in [0.1, 0.15) is 44.7 Å². The van der Waals surface area contributed by atoms with Crippen molar-refractivity contribution in [3.8, 4) is 0 Å². The second-order valence-electron chi connectivity index (χ2n) is 8.25. The number of hydrogen-bond donors (Lipinski definition) is 0. The van der Waals surface area contributed by atoms with Gasteiger partial charge in [0.25, 0.3) is 0 Å². The number of anilines is 1. The fraction of sp³-hybridized carbons (Fsp3) is 0.478. The van der Waals surface area contributed by atoms with Crippen LogP contribution in [0.5, 0.6) is 0 Å². The van der Waals surface area contributed by atoms with Crippen molar-refractivity contribution in [3.63, 3.8) is 0 Å². The van der Waals surface area contributed by atoms with Crippen LogP contribution in [-0.4, -0.2) is 31.1 Å². The summed E-state index contributed by atoms with van der Waals surface area (Å²) in [5.74, 6) is 0. The highest BCUT2D eigenvalue weighted by Crippen LogP contribution is 2.23. The standard InChI is InChI=1S/C23H32N2/c1-23(2,3)21-13-11-20(12-14-21)19-25(22-9-5-4-6-10-22)18-17-24-15-7-8-16-24/h4-6,9-14H,7-8,15-19H2,1-3H3. The molecule has 2 heteroatoms. The fourth-order valence-corrected chi connectivity index (χ4v) is 3.54. The molecular formula is C23H32N2. The van der Waals surface area contributed by atoms with Crippen LogP contribution in [0.2, 0.25) is 0 Å². The molecule has 0 unspecified atom stereocenters. The number of nitrogens with zero attached hydrogens (tertiary/aromatic N) is 2. The Morgan fingerprint density at radius 1 is 0.880 bits per heavy atom. The minimum Gasteiger partial charge on any atom is -0.366 e. The van der Waals surface area contributed by atoms with Gasteiger partial charge in [0.1, 0.15) is 0 Å². The molecule has 1 saturated heterocycles. The molecular weight excluding hydrogens is 304 g/mol. The maximum atomic E-state index is 2.60. The second kappa shape index (κ2) is 8.05. The van der Waals surface area contributed by atoms with Crippen LogP contribution in [0.3, 0.4) is 0 Å². The summed E-state index contributed by atoms with van der Waals surface area (Å²) in [6.45, 7) is 12.6. The van der Waals surface area contributed by atoms with Gasteiger partial charge in [-0.2, -0.15) is 0 Å². The molecule has 1 aliphatic rings. The lowest BCUT2D eigenvalue weighted by atomic mass is 9.87. The van der Waals surface area contributed by atoms with Gasteiger partial charge in [0.15, 0.2) is 0 Å². The third-order valence-electron chi connectivity index (χ3n) is 5.20. The van der Waals surface area contributed by atoms with E-state index < -0.39 is 0 Å². The molecule has 1 fully saturated rings. The molecule has 2 nitrogen and oxygen atoms in total. The number of hydrogen-bond acceptors (Lipinski definition) is 2. The first-order valence-electron chi connectivity index (χ1n) is 9.64. The average molecular weight is 337 g/mol. The van der Waals surface area contributed by atoms with Gasteiger partial charge in [-0.05, 0) is 54.6 Å². The van der Waals surface area contributed by atoms with Crippen molar-refractivity contribution in [1.82, 2.24) is 4.90 Å². The Labute approximate surface area is 153 Å². The van der Waals surface area contributed by atoms with Crippen LogP contribution in [-0.2, 0) is 12.0 Å². The van der Waals surface area contributed by atoms with E-state index in [2.05, 4.69) is 85.2 Å². The van der Waals surface area contributed by atoms with Gasteiger partial charge in [0.05, 0.1) is 0 Å². The van der Waals surface area contributed by atoms with Gasteiger partial charge >= 0.3 is 0 Å². The zero-order valence-electron chi connectivity index (χ0n) is 16.0. The predicted octanol–water partition coefficient (Wildman–Crippen LogP) is 5.09. The highest BCUT2D eigenvalue weighted by atomic mass is 15.2. The molecule has 0 atom stereocenters. The SMILES string of the molecule is CC(C)(C)c1ccc(CN(CCN2CCCC2)c2ccccc2)cc1. The normalized spacial score (nSPS) is 15.5. The Morgan fingerprint density at radius 3 is 2.12 bits per heavy atom. The van der Waals surface area contributed by atoms with Crippen molar-refractivity contribution in [2.45, 2.75) is 45.6 Å². The minimum absolute atomic E-state index is 0.216. The predicted molar refractivity (Wildman–Crippen MR) is 108 cm³/mol. The molecule has 3 rings (SSSR count). The highest BCUT2D eigenvalue weighted by Gasteiger charge is 2.15. The molecule has 1 heterocycles. The maximum Gasteiger partial charge on any atom is 0.0430 e. The number of likely N-dealkylation sites (tertiary alicyclic amines) is 1. The lowest BCUT2D eigenvalue weighted by Crippen LogP contribution is -2.33. The summed E-state index contributed by atoms with van der Waals surface area (Å²) in [4.78, 5) is 5.11. The van der Waals surface area contributed by atoms with Crippen LogP contribution in [0, 0.1) is 0 Å². The first kappa shape index (κ1) is 18.0. The summed E-state index contributed by atoms with van der Waals surface area (Å²) in [5, 5.41) is 0. The first-order valence-corrected chi connectivity index (χ1v) is 9.64. The largest absolute Gasteiger partial charge is 0.366 e. The quantitative estimate of drug-likeness (QED) is 0.725. The van der Waals surface area contributed by atoms with E-state index in [0.29, 0.717) is 0 Å². The smallest absolute Gasteiger partial charge is 0.0430 e. The van der Waals surface area contributed by atoms with Crippen LogP contribution >= 0.6 is 0 Å². The van der Waals surface area contributed by atoms with Crippen molar-refractivity contribution >= 4 is 5.69 Å². The lowest BCUT2D eigenvalue weighted by Gasteiger charge is -2.28. The molecule has 2 aromatic rings. The molecule has 25 heavy (non-hydrogen) atoms. The summed E-state index contributed by atoms with van der Waals surface area (Å²) in [7, 11) is 0. The first-order chi connectivity index (χ1) is 12.0. The zero-order valence-corrected chi connectivity index (χ0v) is 16.0. The van der Waals surface area contributed by atoms with Crippen molar-refractivity contribution in [2.24, 2.45) is 0 Å². The van der Waals surface area contributed by atoms with E-state index in [9.17, 15) is 0 Å². The Kier molecular flexibility index (Phi) is 5.80. The lowest BCUT2D eigenvalue weighted by molar-refractivity contribution is 0.344. The summed E-state index contributed by atoms with van der Waals surface area (Å²) in [6, 6.07) is 20.0. The van der Waals surface area contributed by atoms with Gasteiger partial charge in [-0.25, -0.2) is 0 Å². The van der Waals surface area contributed by atoms with Crippen molar-refractivity contribution < 1.29 is 0 Å². The molecule has 0 N–H and O–H groups in total. The van der Waals surface area contributed by atoms with Crippen LogP contribution in [0.4, 0.5) is 5.69 Å². The molecule has 0 aromatic heterocycles. The number of benzene rings is 2. The Balaban J connectivity index is 1.70. The van der Waals surface area contributed by atoms with Crippen molar-refractivity contribution in [2.75, 3.05) is 31.1 Å². The van der Waals surface area contributed by atoms with E-state index in [1.165, 1.54) is 42.7 Å². The summed E-state index contributed by atoms with van der Waals surface area (Å²) in [5.41, 5.74) is 4.33. The Bertz CT molecular complexity index is 634. The van der Waals surface area contributed by atoms with Gasteiger partial charge in [0, 0.05) is 25.3 Å². The van der Waals surface area contributed by atoms with Crippen LogP contribution in [0.15, 0.2) is 54.6 Å². The highest BCUT2D eigenvalue weighted by molar-refractivity contribution is 5.47. The van der Waals surface area contributed by atoms with Gasteiger partial charge in [-0.1, -0.05) is 63.2 Å². The topological polar surface area (TPSA) is 6.48 Å². The number of para-hydroxylation sites is 1. The fourth-order valence-electron chi connectivity index (χ4n) is 3.54. The van der Waals surface area contributed by atoms with E-state index in [4.69, 9.17) is 0 Å². The average Bonchev–Trinajstić information content (AvgIpc) is 3.12. The van der Waals surface area contributed by atoms with Crippen molar-refractivity contribution in [1.29, 1.82) is 0 Å². The summed E-state index contributed by atoms with van der Waals surface area (Å²) >= 11 is 0. The Morgan fingerprint density at radius 2 is 1.52 bits per heavy atom. The van der Waals surface area contributed by atoms with Crippen LogP contribution in [0.25, 0.3) is 0 Å². The van der Waals surface area contributed by atoms with Crippen LogP contribution < -0.4 is 4.90 Å². The third-order valence-corrected chi connectivity index (χ3v) is 5.20. The molecule has 0 aliphatic carbocycles. The monoisotopic (exact) mass is 336 g/mol. The van der Waals surface area contributed by atoms with Gasteiger partial charge in [-0.3, -0.25) is 0 Å². The van der Waals surface area contributed by atoms with E-state index in [1.54, 1.807) is 0 Å². The number of rotatable bonds is 6. The molecule has 0 radical (unpaired) electrons. The van der Waals surface area contributed by atoms with Gasteiger partial charge in [-0.15, -0.1) is 0 Å². The molecule has 0 spiro atoms. The van der Waals surface area contributed by atoms with Gasteiger partial charge < -0.3 is 9.80 Å². The third kappa shape index (κ3) is 5.09. The zero-order chi connectivity index (χ0) is 17.7. The molecule has 0 bridgehead atoms. The summed E-state index contributed by atoms with van der Waals surface area (Å²) in [6.07, 6.45) is 2.72. The molecule has 0 saturated carbocycles. The van der Waals surface area contributed by atoms with E-state index in [-0.39, 0.29) is 5.41 Å². The Hall–Kier alpha value is -1.80. The van der Waals surface area contributed by atoms with E-state index in [1.807, 2.05) is 0 Å². The molecule has 134 valence electrons. The van der Waals surface area contributed by atoms with Gasteiger partial charge in [0.2, 0.25) is 0 Å². The minimum atomic E-state index is 0.216. The molecule has 2 aromatic carbocycles. The van der Waals surface area contributed by atoms with Crippen molar-refractivity contribution in [3.05, 3.63) is 65.7 Å². The van der Waals surface area contributed by atoms with E-state index in [0.717, 1.165) is 19.6 Å². The van der Waals surface area contributed by atoms with E-state index >= 15 is 0 Å². The second-order valence-corrected chi connectivity index (χ2v) is 8.25.